The summed E-state index contributed by atoms with van der Waals surface area (Å²) in [7, 11) is 1.93. The first-order valence-corrected chi connectivity index (χ1v) is 7.05. The Kier molecular flexibility index (Phi) is 3.43. The van der Waals surface area contributed by atoms with Crippen molar-refractivity contribution in [3.8, 4) is 5.75 Å². The van der Waals surface area contributed by atoms with E-state index in [-0.39, 0.29) is 11.7 Å². The summed E-state index contributed by atoms with van der Waals surface area (Å²) in [4.78, 5) is 12.4. The zero-order chi connectivity index (χ0) is 15.0. The zero-order valence-corrected chi connectivity index (χ0v) is 12.2. The lowest BCUT2D eigenvalue weighted by atomic mass is 10.1. The third-order valence-electron chi connectivity index (χ3n) is 3.99. The second kappa shape index (κ2) is 5.26. The van der Waals surface area contributed by atoms with E-state index in [0.717, 1.165) is 25.1 Å². The first kappa shape index (κ1) is 13.7. The van der Waals surface area contributed by atoms with Gasteiger partial charge >= 0.3 is 0 Å². The van der Waals surface area contributed by atoms with Crippen LogP contribution in [0.1, 0.15) is 27.3 Å². The van der Waals surface area contributed by atoms with Crippen molar-refractivity contribution in [1.29, 1.82) is 0 Å². The number of carbonyl (C=O) groups is 1. The van der Waals surface area contributed by atoms with Crippen LogP contribution in [0.4, 0.5) is 5.69 Å². The van der Waals surface area contributed by atoms with Gasteiger partial charge < -0.3 is 20.3 Å². The highest BCUT2D eigenvalue weighted by molar-refractivity contribution is 6.03. The Morgan fingerprint density at radius 3 is 2.90 bits per heavy atom. The number of phenols is 1. The highest BCUT2D eigenvalue weighted by Crippen LogP contribution is 2.22. The minimum atomic E-state index is -0.128. The molecule has 1 amide bonds. The molecule has 1 aliphatic heterocycles. The van der Waals surface area contributed by atoms with E-state index in [4.69, 9.17) is 0 Å². The second-order valence-electron chi connectivity index (χ2n) is 5.44. The predicted molar refractivity (Wildman–Crippen MR) is 81.6 cm³/mol. The molecule has 3 rings (SSSR count). The van der Waals surface area contributed by atoms with E-state index in [9.17, 15) is 9.90 Å². The highest BCUT2D eigenvalue weighted by atomic mass is 16.3. The number of phenolic OH excluding ortho intramolecular Hbond substituents is 1. The maximum atomic E-state index is 12.4. The quantitative estimate of drug-likeness (QED) is 0.739. The van der Waals surface area contributed by atoms with Crippen LogP contribution in [0, 0.1) is 6.92 Å². The van der Waals surface area contributed by atoms with Crippen molar-refractivity contribution in [2.45, 2.75) is 19.9 Å². The minimum absolute atomic E-state index is 0.128. The fraction of sp³-hybridized carbons (Fsp3) is 0.312. The zero-order valence-electron chi connectivity index (χ0n) is 12.2. The highest BCUT2D eigenvalue weighted by Gasteiger charge is 2.19. The number of aromatic hydroxyl groups is 1. The number of fused-ring (bicyclic) bond motifs is 1. The van der Waals surface area contributed by atoms with Gasteiger partial charge in [0.2, 0.25) is 0 Å². The third-order valence-corrected chi connectivity index (χ3v) is 3.99. The number of hydrogen-bond acceptors (Lipinski definition) is 3. The Labute approximate surface area is 123 Å². The largest absolute Gasteiger partial charge is 0.508 e. The van der Waals surface area contributed by atoms with Gasteiger partial charge in [0.15, 0.2) is 0 Å². The average molecular weight is 285 g/mol. The Morgan fingerprint density at radius 1 is 1.38 bits per heavy atom. The van der Waals surface area contributed by atoms with Crippen molar-refractivity contribution < 1.29 is 9.90 Å². The van der Waals surface area contributed by atoms with E-state index in [2.05, 4.69) is 10.6 Å². The summed E-state index contributed by atoms with van der Waals surface area (Å²) in [6, 6.07) is 7.00. The van der Waals surface area contributed by atoms with Crippen LogP contribution in [0.5, 0.6) is 5.75 Å². The molecular formula is C16H19N3O2. The summed E-state index contributed by atoms with van der Waals surface area (Å²) in [6.45, 7) is 3.57. The van der Waals surface area contributed by atoms with E-state index in [1.807, 2.05) is 17.7 Å². The SMILES string of the molecule is Cc1cc(NC(=O)c2cc3c(n2C)CCNC3)ccc1O. The van der Waals surface area contributed by atoms with Crippen molar-refractivity contribution in [3.63, 3.8) is 0 Å². The van der Waals surface area contributed by atoms with Gasteiger partial charge in [0.1, 0.15) is 11.4 Å². The Morgan fingerprint density at radius 2 is 2.19 bits per heavy atom. The first-order chi connectivity index (χ1) is 10.1. The summed E-state index contributed by atoms with van der Waals surface area (Å²) >= 11 is 0. The van der Waals surface area contributed by atoms with Crippen LogP contribution >= 0.6 is 0 Å². The number of benzene rings is 1. The van der Waals surface area contributed by atoms with Gasteiger partial charge in [0.05, 0.1) is 0 Å². The number of nitrogens with zero attached hydrogens (tertiary/aromatic N) is 1. The van der Waals surface area contributed by atoms with Crippen LogP contribution < -0.4 is 10.6 Å². The van der Waals surface area contributed by atoms with Crippen molar-refractivity contribution in [1.82, 2.24) is 9.88 Å². The molecule has 0 radical (unpaired) electrons. The normalized spacial score (nSPS) is 13.8. The molecule has 5 heteroatoms. The van der Waals surface area contributed by atoms with Crippen LogP contribution in [-0.2, 0) is 20.0 Å². The van der Waals surface area contributed by atoms with Gasteiger partial charge in [-0.2, -0.15) is 0 Å². The summed E-state index contributed by atoms with van der Waals surface area (Å²) in [6.07, 6.45) is 0.942. The van der Waals surface area contributed by atoms with Gasteiger partial charge in [-0.15, -0.1) is 0 Å². The minimum Gasteiger partial charge on any atom is -0.508 e. The van der Waals surface area contributed by atoms with Crippen LogP contribution in [0.3, 0.4) is 0 Å². The van der Waals surface area contributed by atoms with Crippen LogP contribution in [-0.4, -0.2) is 22.1 Å². The number of aryl methyl sites for hydroxylation is 1. The Bertz CT molecular complexity index is 704. The van der Waals surface area contributed by atoms with Crippen LogP contribution in [0.2, 0.25) is 0 Å². The number of anilines is 1. The smallest absolute Gasteiger partial charge is 0.272 e. The van der Waals surface area contributed by atoms with Gasteiger partial charge in [-0.3, -0.25) is 4.79 Å². The standard InChI is InChI=1S/C16H19N3O2/c1-10-7-12(3-4-15(10)20)18-16(21)14-8-11-9-17-6-5-13(11)19(14)2/h3-4,7-8,17,20H,5-6,9H2,1-2H3,(H,18,21). The number of hydrogen-bond donors (Lipinski definition) is 3. The van der Waals surface area contributed by atoms with Gasteiger partial charge in [-0.1, -0.05) is 0 Å². The van der Waals surface area contributed by atoms with Crippen molar-refractivity contribution in [3.05, 3.63) is 46.8 Å². The van der Waals surface area contributed by atoms with E-state index in [1.165, 1.54) is 11.3 Å². The molecule has 5 nitrogen and oxygen atoms in total. The molecule has 0 atom stereocenters. The molecule has 1 aromatic heterocycles. The van der Waals surface area contributed by atoms with Gasteiger partial charge in [0.25, 0.3) is 5.91 Å². The first-order valence-electron chi connectivity index (χ1n) is 7.05. The van der Waals surface area contributed by atoms with Crippen molar-refractivity contribution in [2.24, 2.45) is 7.05 Å². The molecule has 0 spiro atoms. The van der Waals surface area contributed by atoms with Gasteiger partial charge in [-0.05, 0) is 42.3 Å². The molecule has 1 aliphatic rings. The lowest BCUT2D eigenvalue weighted by Gasteiger charge is -2.14. The molecule has 21 heavy (non-hydrogen) atoms. The Balaban J connectivity index is 1.85. The molecule has 1 aromatic carbocycles. The van der Waals surface area contributed by atoms with E-state index < -0.39 is 0 Å². The molecule has 0 saturated carbocycles. The molecule has 110 valence electrons. The summed E-state index contributed by atoms with van der Waals surface area (Å²) in [5.41, 5.74) is 4.50. The topological polar surface area (TPSA) is 66.3 Å². The van der Waals surface area contributed by atoms with Crippen molar-refractivity contribution >= 4 is 11.6 Å². The number of carbonyl (C=O) groups excluding carboxylic acids is 1. The number of rotatable bonds is 2. The van der Waals surface area contributed by atoms with Crippen LogP contribution in [0.25, 0.3) is 0 Å². The number of nitrogens with one attached hydrogen (secondary N) is 2. The molecule has 3 N–H and O–H groups in total. The summed E-state index contributed by atoms with van der Waals surface area (Å²) in [5, 5.41) is 15.7. The van der Waals surface area contributed by atoms with Gasteiger partial charge in [0, 0.05) is 37.9 Å². The van der Waals surface area contributed by atoms with E-state index in [0.29, 0.717) is 11.4 Å². The van der Waals surface area contributed by atoms with Crippen molar-refractivity contribution in [2.75, 3.05) is 11.9 Å². The number of amides is 1. The molecule has 2 heterocycles. The molecule has 0 aliphatic carbocycles. The average Bonchev–Trinajstić information content (AvgIpc) is 2.81. The molecule has 0 unspecified atom stereocenters. The van der Waals surface area contributed by atoms with Gasteiger partial charge in [-0.25, -0.2) is 0 Å². The lowest BCUT2D eigenvalue weighted by Crippen LogP contribution is -2.24. The number of aromatic nitrogens is 1. The third kappa shape index (κ3) is 2.52. The summed E-state index contributed by atoms with van der Waals surface area (Å²) < 4.78 is 1.97. The predicted octanol–water partition coefficient (Wildman–Crippen LogP) is 1.94. The fourth-order valence-corrected chi connectivity index (χ4v) is 2.76. The molecule has 0 bridgehead atoms. The lowest BCUT2D eigenvalue weighted by molar-refractivity contribution is 0.101. The van der Waals surface area contributed by atoms with E-state index in [1.54, 1.807) is 25.1 Å². The molecule has 2 aromatic rings. The van der Waals surface area contributed by atoms with Crippen LogP contribution in [0.15, 0.2) is 24.3 Å². The maximum absolute atomic E-state index is 12.4. The second-order valence-corrected chi connectivity index (χ2v) is 5.44. The molecular weight excluding hydrogens is 266 g/mol. The maximum Gasteiger partial charge on any atom is 0.272 e. The monoisotopic (exact) mass is 285 g/mol. The molecule has 0 fully saturated rings. The Hall–Kier alpha value is -2.27. The van der Waals surface area contributed by atoms with E-state index >= 15 is 0 Å². The summed E-state index contributed by atoms with van der Waals surface area (Å²) in [5.74, 6) is 0.102. The fourth-order valence-electron chi connectivity index (χ4n) is 2.76. The molecule has 0 saturated heterocycles.